The first-order valence-electron chi connectivity index (χ1n) is 6.30. The fourth-order valence-electron chi connectivity index (χ4n) is 2.70. The van der Waals surface area contributed by atoms with E-state index in [4.69, 9.17) is 0 Å². The maximum atomic E-state index is 3.49. The average Bonchev–Trinajstić information content (AvgIpc) is 2.76. The molecule has 4 heteroatoms. The van der Waals surface area contributed by atoms with Gasteiger partial charge in [-0.15, -0.1) is 0 Å². The van der Waals surface area contributed by atoms with Gasteiger partial charge in [-0.2, -0.15) is 11.3 Å². The molecule has 0 bridgehead atoms. The summed E-state index contributed by atoms with van der Waals surface area (Å²) in [5.41, 5.74) is 1.42. The molecular weight excluding hydrogens is 230 g/mol. The van der Waals surface area contributed by atoms with E-state index >= 15 is 0 Å². The summed E-state index contributed by atoms with van der Waals surface area (Å²) in [5, 5.41) is 7.92. The van der Waals surface area contributed by atoms with Crippen molar-refractivity contribution in [1.29, 1.82) is 0 Å². The van der Waals surface area contributed by atoms with Crippen molar-refractivity contribution in [3.63, 3.8) is 0 Å². The molecule has 2 heterocycles. The van der Waals surface area contributed by atoms with Gasteiger partial charge in [-0.25, -0.2) is 0 Å². The molecule has 1 aliphatic rings. The van der Waals surface area contributed by atoms with Gasteiger partial charge in [0.15, 0.2) is 0 Å². The second kappa shape index (κ2) is 5.96. The second-order valence-corrected chi connectivity index (χ2v) is 5.77. The first kappa shape index (κ1) is 13.0. The first-order valence-corrected chi connectivity index (χ1v) is 7.25. The Labute approximate surface area is 108 Å². The van der Waals surface area contributed by atoms with Crippen molar-refractivity contribution in [2.45, 2.75) is 18.5 Å². The van der Waals surface area contributed by atoms with Crippen LogP contribution in [-0.2, 0) is 0 Å². The Hall–Kier alpha value is -0.420. The summed E-state index contributed by atoms with van der Waals surface area (Å²) in [5.74, 6) is 0. The number of rotatable bonds is 3. The number of hydrogen-bond acceptors (Lipinski definition) is 4. The van der Waals surface area contributed by atoms with E-state index in [0.29, 0.717) is 12.1 Å². The summed E-state index contributed by atoms with van der Waals surface area (Å²) in [6, 6.07) is 3.23. The van der Waals surface area contributed by atoms with Gasteiger partial charge in [-0.05, 0) is 63.0 Å². The van der Waals surface area contributed by atoms with E-state index in [-0.39, 0.29) is 0 Å². The lowest BCUT2D eigenvalue weighted by atomic mass is 10.0. The van der Waals surface area contributed by atoms with Gasteiger partial charge in [-0.1, -0.05) is 0 Å². The Morgan fingerprint density at radius 3 is 2.88 bits per heavy atom. The Bertz CT molecular complexity index is 325. The SMILES string of the molecule is CNC(c1ccsc1)C1CN(C)CCCN1C. The molecule has 96 valence electrons. The van der Waals surface area contributed by atoms with Crippen LogP contribution in [0.15, 0.2) is 16.8 Å². The molecule has 1 aromatic heterocycles. The van der Waals surface area contributed by atoms with Crippen LogP contribution in [0.2, 0.25) is 0 Å². The highest BCUT2D eigenvalue weighted by Gasteiger charge is 2.28. The van der Waals surface area contributed by atoms with Crippen LogP contribution < -0.4 is 5.32 Å². The summed E-state index contributed by atoms with van der Waals surface area (Å²) in [7, 11) is 6.55. The molecule has 0 saturated carbocycles. The minimum atomic E-state index is 0.437. The molecule has 0 spiro atoms. The van der Waals surface area contributed by atoms with E-state index in [9.17, 15) is 0 Å². The first-order chi connectivity index (χ1) is 8.22. The summed E-state index contributed by atoms with van der Waals surface area (Å²) >= 11 is 1.78. The van der Waals surface area contributed by atoms with Crippen LogP contribution in [0.25, 0.3) is 0 Å². The fraction of sp³-hybridized carbons (Fsp3) is 0.692. The van der Waals surface area contributed by atoms with Gasteiger partial charge in [0.1, 0.15) is 0 Å². The molecule has 1 N–H and O–H groups in total. The summed E-state index contributed by atoms with van der Waals surface area (Å²) < 4.78 is 0. The number of nitrogens with one attached hydrogen (secondary N) is 1. The van der Waals surface area contributed by atoms with Crippen LogP contribution in [0.1, 0.15) is 18.0 Å². The van der Waals surface area contributed by atoms with Gasteiger partial charge in [0, 0.05) is 18.6 Å². The molecule has 3 nitrogen and oxygen atoms in total. The summed E-state index contributed by atoms with van der Waals surface area (Å²) in [6.07, 6.45) is 1.27. The zero-order chi connectivity index (χ0) is 12.3. The van der Waals surface area contributed by atoms with E-state index in [0.717, 1.165) is 6.54 Å². The van der Waals surface area contributed by atoms with E-state index in [1.165, 1.54) is 25.1 Å². The predicted octanol–water partition coefficient (Wildman–Crippen LogP) is 1.64. The summed E-state index contributed by atoms with van der Waals surface area (Å²) in [4.78, 5) is 4.95. The molecule has 1 aromatic rings. The van der Waals surface area contributed by atoms with Crippen LogP contribution in [-0.4, -0.2) is 56.6 Å². The fourth-order valence-corrected chi connectivity index (χ4v) is 3.40. The van der Waals surface area contributed by atoms with Crippen molar-refractivity contribution >= 4 is 11.3 Å². The smallest absolute Gasteiger partial charge is 0.0496 e. The molecule has 0 amide bonds. The van der Waals surface area contributed by atoms with Gasteiger partial charge in [-0.3, -0.25) is 0 Å². The average molecular weight is 253 g/mol. The van der Waals surface area contributed by atoms with E-state index in [2.05, 4.69) is 53.1 Å². The van der Waals surface area contributed by atoms with Crippen molar-refractivity contribution in [1.82, 2.24) is 15.1 Å². The quantitative estimate of drug-likeness (QED) is 0.883. The van der Waals surface area contributed by atoms with Gasteiger partial charge in [0.05, 0.1) is 0 Å². The molecule has 17 heavy (non-hydrogen) atoms. The van der Waals surface area contributed by atoms with Crippen LogP contribution in [0, 0.1) is 0 Å². The highest BCUT2D eigenvalue weighted by molar-refractivity contribution is 7.07. The molecule has 0 aromatic carbocycles. The monoisotopic (exact) mass is 253 g/mol. The lowest BCUT2D eigenvalue weighted by molar-refractivity contribution is 0.183. The minimum absolute atomic E-state index is 0.437. The predicted molar refractivity (Wildman–Crippen MR) is 74.7 cm³/mol. The largest absolute Gasteiger partial charge is 0.312 e. The zero-order valence-corrected chi connectivity index (χ0v) is 11.8. The molecule has 2 rings (SSSR count). The molecule has 2 unspecified atom stereocenters. The maximum absolute atomic E-state index is 3.49. The van der Waals surface area contributed by atoms with Crippen molar-refractivity contribution in [3.8, 4) is 0 Å². The minimum Gasteiger partial charge on any atom is -0.312 e. The van der Waals surface area contributed by atoms with E-state index in [1.807, 2.05) is 0 Å². The number of nitrogens with zero attached hydrogens (tertiary/aromatic N) is 2. The van der Waals surface area contributed by atoms with Crippen LogP contribution in [0.3, 0.4) is 0 Å². The van der Waals surface area contributed by atoms with Crippen LogP contribution in [0.4, 0.5) is 0 Å². The topological polar surface area (TPSA) is 18.5 Å². The third-order valence-corrected chi connectivity index (χ3v) is 4.42. The second-order valence-electron chi connectivity index (χ2n) is 4.99. The van der Waals surface area contributed by atoms with Gasteiger partial charge < -0.3 is 15.1 Å². The van der Waals surface area contributed by atoms with Crippen LogP contribution in [0.5, 0.6) is 0 Å². The Morgan fingerprint density at radius 2 is 2.24 bits per heavy atom. The molecule has 1 fully saturated rings. The van der Waals surface area contributed by atoms with Gasteiger partial charge >= 0.3 is 0 Å². The summed E-state index contributed by atoms with van der Waals surface area (Å²) in [6.45, 7) is 3.54. The Kier molecular flexibility index (Phi) is 4.56. The third kappa shape index (κ3) is 3.07. The van der Waals surface area contributed by atoms with Crippen molar-refractivity contribution < 1.29 is 0 Å². The molecular formula is C13H23N3S. The van der Waals surface area contributed by atoms with Crippen molar-refractivity contribution in [2.75, 3.05) is 40.8 Å². The number of likely N-dealkylation sites (N-methyl/N-ethyl adjacent to an activating group) is 3. The molecule has 0 aliphatic carbocycles. The lowest BCUT2D eigenvalue weighted by Crippen LogP contribution is -2.46. The molecule has 1 aliphatic heterocycles. The molecule has 0 radical (unpaired) electrons. The standard InChI is InChI=1S/C13H23N3S/c1-14-13(11-5-8-17-10-11)12-9-15(2)6-4-7-16(12)3/h5,8,10,12-14H,4,6-7,9H2,1-3H3. The van der Waals surface area contributed by atoms with E-state index < -0.39 is 0 Å². The molecule has 1 saturated heterocycles. The van der Waals surface area contributed by atoms with E-state index in [1.54, 1.807) is 11.3 Å². The third-order valence-electron chi connectivity index (χ3n) is 3.71. The Balaban J connectivity index is 2.16. The Morgan fingerprint density at radius 1 is 1.41 bits per heavy atom. The van der Waals surface area contributed by atoms with Gasteiger partial charge in [0.2, 0.25) is 0 Å². The highest BCUT2D eigenvalue weighted by atomic mass is 32.1. The zero-order valence-electron chi connectivity index (χ0n) is 11.0. The van der Waals surface area contributed by atoms with Gasteiger partial charge in [0.25, 0.3) is 0 Å². The van der Waals surface area contributed by atoms with Crippen LogP contribution >= 0.6 is 11.3 Å². The van der Waals surface area contributed by atoms with Crippen molar-refractivity contribution in [3.05, 3.63) is 22.4 Å². The highest BCUT2D eigenvalue weighted by Crippen LogP contribution is 2.24. The number of hydrogen-bond donors (Lipinski definition) is 1. The molecule has 2 atom stereocenters. The maximum Gasteiger partial charge on any atom is 0.0496 e. The van der Waals surface area contributed by atoms with Crippen molar-refractivity contribution in [2.24, 2.45) is 0 Å². The normalized spacial score (nSPS) is 25.7. The number of thiophene rings is 1. The lowest BCUT2D eigenvalue weighted by Gasteiger charge is -2.34.